The van der Waals surface area contributed by atoms with E-state index in [0.717, 1.165) is 6.26 Å². The van der Waals surface area contributed by atoms with Crippen LogP contribution in [0.15, 0.2) is 0 Å². The quantitative estimate of drug-likeness (QED) is 0.833. The first kappa shape index (κ1) is 17.7. The van der Waals surface area contributed by atoms with Crippen LogP contribution in [0.1, 0.15) is 25.7 Å². The van der Waals surface area contributed by atoms with Crippen LogP contribution in [-0.2, 0) is 9.84 Å². The third-order valence-corrected chi connectivity index (χ3v) is 5.29. The summed E-state index contributed by atoms with van der Waals surface area (Å²) in [5, 5.41) is 0. The number of nitrogens with two attached hydrogens (primary N) is 1. The molecule has 1 saturated carbocycles. The van der Waals surface area contributed by atoms with E-state index in [-0.39, 0.29) is 25.1 Å². The molecule has 1 rings (SSSR count). The molecule has 0 bridgehead atoms. The highest BCUT2D eigenvalue weighted by Crippen LogP contribution is 2.42. The van der Waals surface area contributed by atoms with Gasteiger partial charge < -0.3 is 5.73 Å². The summed E-state index contributed by atoms with van der Waals surface area (Å²) in [5.41, 5.74) is 5.25. The van der Waals surface area contributed by atoms with Crippen LogP contribution < -0.4 is 5.73 Å². The van der Waals surface area contributed by atoms with E-state index in [1.807, 2.05) is 4.90 Å². The van der Waals surface area contributed by atoms with Gasteiger partial charge in [0.05, 0.1) is 11.7 Å². The molecule has 0 aliphatic heterocycles. The van der Waals surface area contributed by atoms with Crippen molar-refractivity contribution < 1.29 is 21.6 Å². The molecule has 20 heavy (non-hydrogen) atoms. The predicted molar refractivity (Wildman–Crippen MR) is 72.1 cm³/mol. The van der Waals surface area contributed by atoms with Crippen molar-refractivity contribution in [1.82, 2.24) is 4.90 Å². The van der Waals surface area contributed by atoms with E-state index < -0.39 is 27.5 Å². The Morgan fingerprint density at radius 2 is 1.80 bits per heavy atom. The molecule has 0 saturated heterocycles. The average molecular weight is 316 g/mol. The zero-order valence-electron chi connectivity index (χ0n) is 11.9. The summed E-state index contributed by atoms with van der Waals surface area (Å²) in [6, 6.07) is 0. The fourth-order valence-electron chi connectivity index (χ4n) is 2.76. The Kier molecular flexibility index (Phi) is 5.48. The van der Waals surface area contributed by atoms with Crippen molar-refractivity contribution in [3.05, 3.63) is 0 Å². The van der Waals surface area contributed by atoms with Crippen molar-refractivity contribution in [2.75, 3.05) is 32.1 Å². The number of sulfone groups is 1. The number of hydrogen-bond donors (Lipinski definition) is 1. The summed E-state index contributed by atoms with van der Waals surface area (Å²) in [6.07, 6.45) is -2.17. The van der Waals surface area contributed by atoms with Gasteiger partial charge in [0.25, 0.3) is 0 Å². The second kappa shape index (κ2) is 6.19. The second-order valence-electron chi connectivity index (χ2n) is 5.80. The molecule has 4 nitrogen and oxygen atoms in total. The van der Waals surface area contributed by atoms with Gasteiger partial charge in [-0.15, -0.1) is 0 Å². The highest BCUT2D eigenvalue weighted by molar-refractivity contribution is 7.90. The van der Waals surface area contributed by atoms with Crippen LogP contribution in [0.5, 0.6) is 0 Å². The maximum absolute atomic E-state index is 12.7. The lowest BCUT2D eigenvalue weighted by molar-refractivity contribution is -0.187. The van der Waals surface area contributed by atoms with Gasteiger partial charge in [0.2, 0.25) is 0 Å². The lowest BCUT2D eigenvalue weighted by atomic mass is 9.75. The van der Waals surface area contributed by atoms with E-state index in [9.17, 15) is 21.6 Å². The number of halogens is 3. The molecular weight excluding hydrogens is 293 g/mol. The van der Waals surface area contributed by atoms with Crippen molar-refractivity contribution in [3.63, 3.8) is 0 Å². The van der Waals surface area contributed by atoms with Gasteiger partial charge in [-0.05, 0) is 32.7 Å². The fourth-order valence-corrected chi connectivity index (χ4v) is 3.37. The highest BCUT2D eigenvalue weighted by Gasteiger charge is 2.46. The Balaban J connectivity index is 2.66. The first-order chi connectivity index (χ1) is 9.00. The van der Waals surface area contributed by atoms with Gasteiger partial charge in [-0.25, -0.2) is 8.42 Å². The fraction of sp³-hybridized carbons (Fsp3) is 1.00. The molecule has 8 heteroatoms. The number of likely N-dealkylation sites (N-methyl/N-ethyl adjacent to an activating group) is 1. The minimum absolute atomic E-state index is 0.00600. The first-order valence-corrected chi connectivity index (χ1v) is 8.72. The Labute approximate surface area is 118 Å². The molecule has 1 fully saturated rings. The minimum Gasteiger partial charge on any atom is -0.329 e. The molecule has 0 unspecified atom stereocenters. The van der Waals surface area contributed by atoms with Crippen molar-refractivity contribution in [1.29, 1.82) is 0 Å². The lowest BCUT2D eigenvalue weighted by Gasteiger charge is -2.46. The van der Waals surface area contributed by atoms with Crippen LogP contribution in [0.2, 0.25) is 0 Å². The van der Waals surface area contributed by atoms with Gasteiger partial charge in [-0.2, -0.15) is 13.2 Å². The summed E-state index contributed by atoms with van der Waals surface area (Å²) in [4.78, 5) is 1.82. The molecule has 1 aliphatic rings. The first-order valence-electron chi connectivity index (χ1n) is 6.66. The number of hydrogen-bond acceptors (Lipinski definition) is 4. The van der Waals surface area contributed by atoms with E-state index in [1.165, 1.54) is 0 Å². The van der Waals surface area contributed by atoms with Crippen molar-refractivity contribution in [2.24, 2.45) is 11.7 Å². The Morgan fingerprint density at radius 1 is 1.30 bits per heavy atom. The van der Waals surface area contributed by atoms with Gasteiger partial charge in [0.15, 0.2) is 0 Å². The third kappa shape index (κ3) is 4.60. The normalized spacial score (nSPS) is 28.9. The van der Waals surface area contributed by atoms with Crippen LogP contribution in [0.3, 0.4) is 0 Å². The molecule has 0 atom stereocenters. The molecule has 0 aromatic rings. The topological polar surface area (TPSA) is 63.4 Å². The zero-order valence-corrected chi connectivity index (χ0v) is 12.7. The van der Waals surface area contributed by atoms with Gasteiger partial charge in [0, 0.05) is 24.9 Å². The number of nitrogens with zero attached hydrogens (tertiary/aromatic N) is 1. The smallest absolute Gasteiger partial charge is 0.329 e. The SMILES string of the molecule is CN(CCS(C)(=O)=O)C1(CN)CCC(C(F)(F)F)CC1. The molecule has 0 aromatic heterocycles. The van der Waals surface area contributed by atoms with Crippen molar-refractivity contribution >= 4 is 9.84 Å². The van der Waals surface area contributed by atoms with Crippen LogP contribution in [0.25, 0.3) is 0 Å². The Hall–Kier alpha value is -0.340. The maximum atomic E-state index is 12.7. The minimum atomic E-state index is -4.15. The largest absolute Gasteiger partial charge is 0.391 e. The Morgan fingerprint density at radius 3 is 2.15 bits per heavy atom. The molecule has 0 aromatic carbocycles. The van der Waals surface area contributed by atoms with E-state index in [4.69, 9.17) is 5.73 Å². The summed E-state index contributed by atoms with van der Waals surface area (Å²) < 4.78 is 60.4. The van der Waals surface area contributed by atoms with E-state index in [1.54, 1.807) is 7.05 Å². The van der Waals surface area contributed by atoms with Crippen LogP contribution in [-0.4, -0.2) is 57.2 Å². The van der Waals surface area contributed by atoms with Gasteiger partial charge in [0.1, 0.15) is 9.84 Å². The molecule has 1 aliphatic carbocycles. The molecule has 0 amide bonds. The maximum Gasteiger partial charge on any atom is 0.391 e. The third-order valence-electron chi connectivity index (χ3n) is 4.37. The molecule has 0 heterocycles. The standard InChI is InChI=1S/C12H23F3N2O2S/c1-17(7-8-20(2,18)19)11(9-16)5-3-10(4-6-11)12(13,14)15/h10H,3-9,16H2,1-2H3. The molecule has 2 N–H and O–H groups in total. The Bertz CT molecular complexity index is 415. The monoisotopic (exact) mass is 316 g/mol. The van der Waals surface area contributed by atoms with Gasteiger partial charge in [-0.3, -0.25) is 4.90 Å². The molecular formula is C12H23F3N2O2S. The van der Waals surface area contributed by atoms with Crippen LogP contribution >= 0.6 is 0 Å². The highest BCUT2D eigenvalue weighted by atomic mass is 32.2. The number of rotatable bonds is 5. The van der Waals surface area contributed by atoms with Gasteiger partial charge >= 0.3 is 6.18 Å². The summed E-state index contributed by atoms with van der Waals surface area (Å²) in [5.74, 6) is -1.26. The second-order valence-corrected chi connectivity index (χ2v) is 8.06. The lowest BCUT2D eigenvalue weighted by Crippen LogP contribution is -2.55. The zero-order chi connectivity index (χ0) is 15.6. The van der Waals surface area contributed by atoms with Crippen LogP contribution in [0, 0.1) is 5.92 Å². The molecule has 0 radical (unpaired) electrons. The molecule has 120 valence electrons. The predicted octanol–water partition coefficient (Wildman–Crippen LogP) is 1.41. The van der Waals surface area contributed by atoms with E-state index in [0.29, 0.717) is 19.4 Å². The number of alkyl halides is 3. The molecule has 0 spiro atoms. The summed E-state index contributed by atoms with van der Waals surface area (Å²) >= 11 is 0. The van der Waals surface area contributed by atoms with Crippen LogP contribution in [0.4, 0.5) is 13.2 Å². The van der Waals surface area contributed by atoms with Crippen molar-refractivity contribution in [3.8, 4) is 0 Å². The van der Waals surface area contributed by atoms with E-state index in [2.05, 4.69) is 0 Å². The summed E-state index contributed by atoms with van der Waals surface area (Å²) in [7, 11) is -1.35. The van der Waals surface area contributed by atoms with Gasteiger partial charge in [-0.1, -0.05) is 0 Å². The average Bonchev–Trinajstić information content (AvgIpc) is 2.34. The van der Waals surface area contributed by atoms with Crippen molar-refractivity contribution in [2.45, 2.75) is 37.4 Å². The summed E-state index contributed by atoms with van der Waals surface area (Å²) in [6.45, 7) is 0.546. The van der Waals surface area contributed by atoms with E-state index >= 15 is 0 Å².